The lowest BCUT2D eigenvalue weighted by atomic mass is 9.97. The summed E-state index contributed by atoms with van der Waals surface area (Å²) in [5.74, 6) is 2.54. The van der Waals surface area contributed by atoms with Crippen molar-refractivity contribution in [3.63, 3.8) is 0 Å². The second-order valence-corrected chi connectivity index (χ2v) is 9.20. The molecule has 4 bridgehead atoms. The van der Waals surface area contributed by atoms with E-state index in [0.717, 1.165) is 42.3 Å². The monoisotopic (exact) mass is 484 g/mol. The molecular weight excluding hydrogens is 460 g/mol. The molecule has 1 N–H and O–H groups in total. The van der Waals surface area contributed by atoms with Crippen LogP contribution in [0.5, 0.6) is 5.75 Å². The summed E-state index contributed by atoms with van der Waals surface area (Å²) >= 11 is 6.05. The first-order valence-electron chi connectivity index (χ1n) is 11.7. The van der Waals surface area contributed by atoms with E-state index in [4.69, 9.17) is 26.3 Å². The highest BCUT2D eigenvalue weighted by Crippen LogP contribution is 2.41. The third-order valence-electron chi connectivity index (χ3n) is 6.52. The summed E-state index contributed by atoms with van der Waals surface area (Å²) < 4.78 is 7.98. The molecule has 6 rings (SSSR count). The molecule has 0 saturated carbocycles. The number of halogens is 1. The van der Waals surface area contributed by atoms with Crippen molar-refractivity contribution < 1.29 is 4.74 Å². The summed E-state index contributed by atoms with van der Waals surface area (Å²) in [5, 5.41) is 3.86. The fraction of sp³-hybridized carbons (Fsp3) is 0.222. The van der Waals surface area contributed by atoms with E-state index in [2.05, 4.69) is 58.7 Å². The molecule has 0 fully saturated rings. The van der Waals surface area contributed by atoms with Crippen LogP contribution in [-0.4, -0.2) is 39.7 Å². The number of rotatable bonds is 2. The largest absolute Gasteiger partial charge is 0.487 e. The summed E-state index contributed by atoms with van der Waals surface area (Å²) in [6.45, 7) is 1.17. The first-order valence-corrected chi connectivity index (χ1v) is 12.1. The van der Waals surface area contributed by atoms with Gasteiger partial charge in [-0.05, 0) is 36.6 Å². The maximum absolute atomic E-state index is 6.13. The number of anilines is 3. The Bertz CT molecular complexity index is 1400. The molecule has 0 saturated heterocycles. The summed E-state index contributed by atoms with van der Waals surface area (Å²) in [7, 11) is 2.08. The molecule has 1 unspecified atom stereocenters. The summed E-state index contributed by atoms with van der Waals surface area (Å²) in [5.41, 5.74) is 5.34. The van der Waals surface area contributed by atoms with E-state index in [-0.39, 0.29) is 5.92 Å². The molecule has 3 heterocycles. The number of fused-ring (bicyclic) bond motifs is 6. The van der Waals surface area contributed by atoms with Gasteiger partial charge in [0.05, 0.1) is 11.4 Å². The molecule has 0 spiro atoms. The van der Waals surface area contributed by atoms with Gasteiger partial charge in [0.15, 0.2) is 0 Å². The summed E-state index contributed by atoms with van der Waals surface area (Å²) in [6, 6.07) is 16.5. The highest BCUT2D eigenvalue weighted by atomic mass is 35.5. The average Bonchev–Trinajstić information content (AvgIpc) is 3.50. The predicted molar refractivity (Wildman–Crippen MR) is 138 cm³/mol. The lowest BCUT2D eigenvalue weighted by molar-refractivity contribution is 0.361. The SMILES string of the molecule is CN1CC=CCOc2cc(ccc2-n2cnc(Cl)c2)Nc2nc3c(c1n2)CCC3c1ccccc1. The summed E-state index contributed by atoms with van der Waals surface area (Å²) in [6.07, 6.45) is 9.59. The van der Waals surface area contributed by atoms with Crippen LogP contribution >= 0.6 is 11.6 Å². The molecule has 2 aromatic carbocycles. The summed E-state index contributed by atoms with van der Waals surface area (Å²) in [4.78, 5) is 16.3. The molecule has 1 aliphatic carbocycles. The van der Waals surface area contributed by atoms with Crippen LogP contribution in [-0.2, 0) is 6.42 Å². The number of imidazole rings is 1. The highest BCUT2D eigenvalue weighted by Gasteiger charge is 2.30. The van der Waals surface area contributed by atoms with Gasteiger partial charge in [-0.1, -0.05) is 48.0 Å². The van der Waals surface area contributed by atoms with E-state index < -0.39 is 0 Å². The number of ether oxygens (including phenoxy) is 1. The second-order valence-electron chi connectivity index (χ2n) is 8.81. The molecule has 35 heavy (non-hydrogen) atoms. The topological polar surface area (TPSA) is 68.1 Å². The van der Waals surface area contributed by atoms with E-state index >= 15 is 0 Å². The number of hydrogen-bond acceptors (Lipinski definition) is 6. The molecule has 8 heteroatoms. The Morgan fingerprint density at radius 2 is 1.97 bits per heavy atom. The van der Waals surface area contributed by atoms with Crippen LogP contribution in [0.2, 0.25) is 5.15 Å². The molecule has 1 aliphatic heterocycles. The zero-order chi connectivity index (χ0) is 23.8. The van der Waals surface area contributed by atoms with Crippen LogP contribution in [0.25, 0.3) is 5.69 Å². The van der Waals surface area contributed by atoms with Gasteiger partial charge in [-0.2, -0.15) is 4.98 Å². The Morgan fingerprint density at radius 3 is 2.80 bits per heavy atom. The number of nitrogens with one attached hydrogen (secondary N) is 1. The normalized spacial score (nSPS) is 17.0. The molecule has 7 nitrogen and oxygen atoms in total. The van der Waals surface area contributed by atoms with Crippen LogP contribution in [0.4, 0.5) is 17.5 Å². The highest BCUT2D eigenvalue weighted by molar-refractivity contribution is 6.29. The van der Waals surface area contributed by atoms with Crippen molar-refractivity contribution in [2.24, 2.45) is 0 Å². The number of aromatic nitrogens is 4. The van der Waals surface area contributed by atoms with Gasteiger partial charge < -0.3 is 19.5 Å². The van der Waals surface area contributed by atoms with E-state index in [1.165, 1.54) is 11.1 Å². The predicted octanol–water partition coefficient (Wildman–Crippen LogP) is 5.52. The van der Waals surface area contributed by atoms with Gasteiger partial charge in [0.25, 0.3) is 0 Å². The first-order chi connectivity index (χ1) is 17.2. The van der Waals surface area contributed by atoms with Crippen molar-refractivity contribution in [1.82, 2.24) is 19.5 Å². The van der Waals surface area contributed by atoms with Crippen molar-refractivity contribution in [2.45, 2.75) is 18.8 Å². The van der Waals surface area contributed by atoms with Gasteiger partial charge in [-0.25, -0.2) is 9.97 Å². The van der Waals surface area contributed by atoms with Gasteiger partial charge in [0, 0.05) is 43.0 Å². The van der Waals surface area contributed by atoms with Gasteiger partial charge in [-0.3, -0.25) is 0 Å². The van der Waals surface area contributed by atoms with Crippen molar-refractivity contribution in [3.05, 3.63) is 95.2 Å². The lowest BCUT2D eigenvalue weighted by Gasteiger charge is -2.21. The van der Waals surface area contributed by atoms with Crippen LogP contribution in [0.3, 0.4) is 0 Å². The zero-order valence-corrected chi connectivity index (χ0v) is 20.1. The fourth-order valence-electron chi connectivity index (χ4n) is 4.83. The fourth-order valence-corrected chi connectivity index (χ4v) is 4.98. The second kappa shape index (κ2) is 9.07. The Kier molecular flexibility index (Phi) is 5.62. The van der Waals surface area contributed by atoms with Crippen LogP contribution in [0.15, 0.2) is 73.2 Å². The van der Waals surface area contributed by atoms with E-state index in [1.54, 1.807) is 12.5 Å². The van der Waals surface area contributed by atoms with Crippen molar-refractivity contribution in [2.75, 3.05) is 30.4 Å². The van der Waals surface area contributed by atoms with Crippen molar-refractivity contribution in [1.29, 1.82) is 0 Å². The number of hydrogen-bond donors (Lipinski definition) is 1. The molecule has 0 radical (unpaired) electrons. The molecule has 2 aromatic heterocycles. The maximum Gasteiger partial charge on any atom is 0.229 e. The Balaban J connectivity index is 1.44. The Morgan fingerprint density at radius 1 is 1.09 bits per heavy atom. The van der Waals surface area contributed by atoms with Crippen molar-refractivity contribution in [3.8, 4) is 11.4 Å². The number of nitrogens with zero attached hydrogens (tertiary/aromatic N) is 5. The van der Waals surface area contributed by atoms with Gasteiger partial charge in [-0.15, -0.1) is 0 Å². The third kappa shape index (κ3) is 4.23. The minimum Gasteiger partial charge on any atom is -0.487 e. The molecule has 2 aliphatic rings. The molecule has 176 valence electrons. The zero-order valence-electron chi connectivity index (χ0n) is 19.4. The molecule has 1 atom stereocenters. The van der Waals surface area contributed by atoms with E-state index in [1.807, 2.05) is 28.8 Å². The van der Waals surface area contributed by atoms with Crippen LogP contribution < -0.4 is 15.0 Å². The Hall–Kier alpha value is -3.84. The average molecular weight is 485 g/mol. The molecule has 0 amide bonds. The number of benzene rings is 2. The van der Waals surface area contributed by atoms with Gasteiger partial charge in [0.1, 0.15) is 29.7 Å². The smallest absolute Gasteiger partial charge is 0.229 e. The van der Waals surface area contributed by atoms with E-state index in [0.29, 0.717) is 23.5 Å². The lowest BCUT2D eigenvalue weighted by Crippen LogP contribution is -2.21. The first kappa shape index (κ1) is 21.7. The van der Waals surface area contributed by atoms with E-state index in [9.17, 15) is 0 Å². The minimum atomic E-state index is 0.264. The Labute approximate surface area is 209 Å². The molecular formula is C27H25ClN6O. The van der Waals surface area contributed by atoms with Gasteiger partial charge in [0.2, 0.25) is 5.95 Å². The van der Waals surface area contributed by atoms with Crippen LogP contribution in [0, 0.1) is 0 Å². The van der Waals surface area contributed by atoms with Crippen molar-refractivity contribution >= 4 is 29.1 Å². The molecule has 4 aromatic rings. The minimum absolute atomic E-state index is 0.264. The third-order valence-corrected chi connectivity index (χ3v) is 6.72. The standard InChI is InChI=1S/C27H25ClN6O/c1-33-13-5-6-14-35-23-15-19(9-12-22(23)34-16-24(28)29-17-34)30-27-31-25-20(18-7-3-2-4-8-18)10-11-21(25)26(33)32-27/h2-9,12,15-17,20H,10-11,13-14H2,1H3,(H,30,31,32). The number of likely N-dealkylation sites (N-methyl/N-ethyl adjacent to an activating group) is 1. The maximum atomic E-state index is 6.13. The quantitative estimate of drug-likeness (QED) is 0.378. The van der Waals surface area contributed by atoms with Gasteiger partial charge >= 0.3 is 0 Å². The van der Waals surface area contributed by atoms with Crippen LogP contribution in [0.1, 0.15) is 29.2 Å².